The van der Waals surface area contributed by atoms with Crippen molar-refractivity contribution in [2.75, 3.05) is 26.2 Å². The number of aliphatic hydroxyl groups excluding tert-OH is 2. The maximum atomic E-state index is 12.9. The minimum Gasteiger partial charge on any atom is -0.507 e. The normalized spacial score (nSPS) is 23.7. The molecule has 2 saturated heterocycles. The number of aromatic amines is 1. The summed E-state index contributed by atoms with van der Waals surface area (Å²) in [4.78, 5) is 30.0. The number of amides is 1. The van der Waals surface area contributed by atoms with E-state index < -0.39 is 11.8 Å². The zero-order valence-electron chi connectivity index (χ0n) is 22.8. The lowest BCUT2D eigenvalue weighted by atomic mass is 9.84. The van der Waals surface area contributed by atoms with Gasteiger partial charge in [0, 0.05) is 37.5 Å². The topological polar surface area (TPSA) is 141 Å². The molecule has 3 aliphatic rings. The highest BCUT2D eigenvalue weighted by atomic mass is 16.3. The SMILES string of the molecule is CC(C)C1C=C(c2n[nH]c(=O)n2-c2ccc(CN3CCC(C(=O)N4CCC(N)CC4)CC3)cc2)C(O)=CC1O. The minimum atomic E-state index is -0.793. The first-order valence-corrected chi connectivity index (χ1v) is 14.1. The third-order valence-corrected chi connectivity index (χ3v) is 8.43. The molecule has 1 amide bonds. The Kier molecular flexibility index (Phi) is 8.06. The number of aliphatic hydroxyl groups is 2. The Morgan fingerprint density at radius 3 is 2.38 bits per heavy atom. The standard InChI is InChI=1S/C29H40N6O4/c1-18(2)23-15-24(26(37)16-25(23)36)27-31-32-29(39)35(27)22-5-3-19(4-6-22)17-33-11-7-20(8-12-33)28(38)34-13-9-21(30)10-14-34/h3-6,15-16,18,20-21,23,25,36-37H,7-14,17,30H2,1-2H3,(H,32,39). The van der Waals surface area contributed by atoms with Crippen LogP contribution >= 0.6 is 0 Å². The highest BCUT2D eigenvalue weighted by molar-refractivity contribution is 5.79. The molecule has 0 saturated carbocycles. The molecule has 2 unspecified atom stereocenters. The monoisotopic (exact) mass is 536 g/mol. The molecule has 0 spiro atoms. The van der Waals surface area contributed by atoms with Crippen molar-refractivity contribution >= 4 is 11.5 Å². The molecule has 2 aliphatic heterocycles. The number of carbonyl (C=O) groups excluding carboxylic acids is 1. The second-order valence-corrected chi connectivity index (χ2v) is 11.5. The lowest BCUT2D eigenvalue weighted by molar-refractivity contribution is -0.138. The molecule has 10 heteroatoms. The molecular weight excluding hydrogens is 496 g/mol. The van der Waals surface area contributed by atoms with Crippen LogP contribution in [0, 0.1) is 17.8 Å². The van der Waals surface area contributed by atoms with E-state index in [0.717, 1.165) is 64.0 Å². The van der Waals surface area contributed by atoms with Gasteiger partial charge < -0.3 is 20.8 Å². The van der Waals surface area contributed by atoms with Gasteiger partial charge in [0.05, 0.1) is 17.4 Å². The first-order valence-electron chi connectivity index (χ1n) is 14.1. The first-order chi connectivity index (χ1) is 18.7. The van der Waals surface area contributed by atoms with Gasteiger partial charge >= 0.3 is 5.69 Å². The van der Waals surface area contributed by atoms with E-state index in [1.165, 1.54) is 10.6 Å². The summed E-state index contributed by atoms with van der Waals surface area (Å²) in [6.07, 6.45) is 5.93. The van der Waals surface area contributed by atoms with E-state index in [0.29, 0.717) is 17.1 Å². The van der Waals surface area contributed by atoms with Crippen LogP contribution in [0.15, 0.2) is 47.0 Å². The van der Waals surface area contributed by atoms with Crippen LogP contribution in [-0.4, -0.2) is 79.0 Å². The van der Waals surface area contributed by atoms with Crippen LogP contribution in [0.25, 0.3) is 11.3 Å². The van der Waals surface area contributed by atoms with Gasteiger partial charge in [0.1, 0.15) is 5.76 Å². The molecular formula is C29H40N6O4. The van der Waals surface area contributed by atoms with Crippen molar-refractivity contribution in [2.24, 2.45) is 23.5 Å². The van der Waals surface area contributed by atoms with Crippen molar-refractivity contribution in [3.8, 4) is 5.69 Å². The molecule has 1 aromatic heterocycles. The largest absolute Gasteiger partial charge is 0.507 e. The highest BCUT2D eigenvalue weighted by Gasteiger charge is 2.31. The number of nitrogens with one attached hydrogen (secondary N) is 1. The minimum absolute atomic E-state index is 0.0954. The number of piperidine rings is 2. The molecule has 0 radical (unpaired) electrons. The fourth-order valence-electron chi connectivity index (χ4n) is 5.96. The zero-order valence-corrected chi connectivity index (χ0v) is 22.8. The van der Waals surface area contributed by atoms with Gasteiger partial charge in [0.15, 0.2) is 5.82 Å². The summed E-state index contributed by atoms with van der Waals surface area (Å²) < 4.78 is 1.44. The summed E-state index contributed by atoms with van der Waals surface area (Å²) in [5, 5.41) is 27.6. The van der Waals surface area contributed by atoms with E-state index >= 15 is 0 Å². The van der Waals surface area contributed by atoms with Crippen LogP contribution < -0.4 is 11.4 Å². The lowest BCUT2D eigenvalue weighted by Gasteiger charge is -2.36. The second kappa shape index (κ2) is 11.5. The molecule has 2 aromatic rings. The summed E-state index contributed by atoms with van der Waals surface area (Å²) in [5.41, 5.74) is 7.77. The maximum Gasteiger partial charge on any atom is 0.348 e. The van der Waals surface area contributed by atoms with Gasteiger partial charge in [-0.25, -0.2) is 14.5 Å². The van der Waals surface area contributed by atoms with Crippen LogP contribution in [-0.2, 0) is 11.3 Å². The van der Waals surface area contributed by atoms with Gasteiger partial charge in [-0.3, -0.25) is 9.69 Å². The number of hydrogen-bond acceptors (Lipinski definition) is 7. The second-order valence-electron chi connectivity index (χ2n) is 11.5. The molecule has 2 fully saturated rings. The summed E-state index contributed by atoms with van der Waals surface area (Å²) in [5.74, 6) is 0.542. The molecule has 1 aliphatic carbocycles. The van der Waals surface area contributed by atoms with Crippen LogP contribution in [0.4, 0.5) is 0 Å². The summed E-state index contributed by atoms with van der Waals surface area (Å²) >= 11 is 0. The number of aromatic nitrogens is 3. The van der Waals surface area contributed by atoms with Crippen LogP contribution in [0.5, 0.6) is 0 Å². The van der Waals surface area contributed by atoms with Crippen molar-refractivity contribution in [3.05, 3.63) is 64.0 Å². The van der Waals surface area contributed by atoms with Crippen molar-refractivity contribution in [3.63, 3.8) is 0 Å². The average Bonchev–Trinajstić information content (AvgIpc) is 3.30. The van der Waals surface area contributed by atoms with E-state index in [1.54, 1.807) is 6.08 Å². The number of nitrogens with two attached hydrogens (primary N) is 1. The van der Waals surface area contributed by atoms with Gasteiger partial charge in [0.2, 0.25) is 5.91 Å². The highest BCUT2D eigenvalue weighted by Crippen LogP contribution is 2.32. The number of hydrogen-bond donors (Lipinski definition) is 4. The quantitative estimate of drug-likeness (QED) is 0.444. The van der Waals surface area contributed by atoms with Crippen molar-refractivity contribution in [1.29, 1.82) is 0 Å². The number of carbonyl (C=O) groups is 1. The number of rotatable bonds is 6. The Morgan fingerprint density at radius 2 is 1.74 bits per heavy atom. The Balaban J connectivity index is 1.23. The zero-order chi connectivity index (χ0) is 27.7. The molecule has 3 heterocycles. The molecule has 2 atom stereocenters. The summed E-state index contributed by atoms with van der Waals surface area (Å²) in [6.45, 7) is 8.08. The predicted octanol–water partition coefficient (Wildman–Crippen LogP) is 2.19. The Hall–Kier alpha value is -3.21. The molecule has 5 rings (SSSR count). The molecule has 39 heavy (non-hydrogen) atoms. The Labute approximate surface area is 228 Å². The van der Waals surface area contributed by atoms with Crippen LogP contribution in [0.3, 0.4) is 0 Å². The third-order valence-electron chi connectivity index (χ3n) is 8.43. The fourth-order valence-corrected chi connectivity index (χ4v) is 5.96. The Morgan fingerprint density at radius 1 is 1.08 bits per heavy atom. The molecule has 0 bridgehead atoms. The van der Waals surface area contributed by atoms with Gasteiger partial charge in [-0.05, 0) is 68.5 Å². The first kappa shape index (κ1) is 27.4. The van der Waals surface area contributed by atoms with Gasteiger partial charge in [0.25, 0.3) is 0 Å². The van der Waals surface area contributed by atoms with Gasteiger partial charge in [-0.1, -0.05) is 32.1 Å². The van der Waals surface area contributed by atoms with E-state index in [2.05, 4.69) is 15.1 Å². The number of allylic oxidation sites excluding steroid dienone is 1. The lowest BCUT2D eigenvalue weighted by Crippen LogP contribution is -2.47. The number of nitrogens with zero attached hydrogens (tertiary/aromatic N) is 4. The summed E-state index contributed by atoms with van der Waals surface area (Å²) in [7, 11) is 0. The Bertz CT molecular complexity index is 1280. The number of benzene rings is 1. The van der Waals surface area contributed by atoms with E-state index in [9.17, 15) is 19.8 Å². The average molecular weight is 537 g/mol. The molecule has 1 aromatic carbocycles. The number of likely N-dealkylation sites (tertiary alicyclic amines) is 2. The third kappa shape index (κ3) is 5.88. The van der Waals surface area contributed by atoms with Crippen molar-refractivity contribution in [2.45, 2.75) is 58.2 Å². The summed E-state index contributed by atoms with van der Waals surface area (Å²) in [6, 6.07) is 7.98. The molecule has 10 nitrogen and oxygen atoms in total. The van der Waals surface area contributed by atoms with E-state index in [4.69, 9.17) is 5.73 Å². The van der Waals surface area contributed by atoms with E-state index in [1.807, 2.05) is 43.0 Å². The van der Waals surface area contributed by atoms with Crippen molar-refractivity contribution < 1.29 is 15.0 Å². The predicted molar refractivity (Wildman–Crippen MR) is 149 cm³/mol. The van der Waals surface area contributed by atoms with Crippen LogP contribution in [0.1, 0.15) is 50.9 Å². The van der Waals surface area contributed by atoms with Gasteiger partial charge in [-0.15, -0.1) is 0 Å². The van der Waals surface area contributed by atoms with Gasteiger partial charge in [-0.2, -0.15) is 5.10 Å². The molecule has 5 N–H and O–H groups in total. The maximum absolute atomic E-state index is 12.9. The van der Waals surface area contributed by atoms with Crippen LogP contribution in [0.2, 0.25) is 0 Å². The molecule has 210 valence electrons. The fraction of sp³-hybridized carbons (Fsp3) is 0.552. The van der Waals surface area contributed by atoms with E-state index in [-0.39, 0.29) is 35.5 Å². The van der Waals surface area contributed by atoms with Crippen molar-refractivity contribution in [1.82, 2.24) is 24.6 Å². The number of H-pyrrole nitrogens is 1. The smallest absolute Gasteiger partial charge is 0.348 e.